The van der Waals surface area contributed by atoms with Gasteiger partial charge < -0.3 is 0 Å². The Kier molecular flexibility index (Phi) is 4.17. The van der Waals surface area contributed by atoms with E-state index in [9.17, 15) is 13.7 Å². The van der Waals surface area contributed by atoms with Crippen LogP contribution in [0, 0.1) is 11.3 Å². The molecule has 0 unspecified atom stereocenters. The summed E-state index contributed by atoms with van der Waals surface area (Å²) < 4.78 is 26.6. The van der Waals surface area contributed by atoms with E-state index in [1.807, 2.05) is 6.07 Å². The summed E-state index contributed by atoms with van der Waals surface area (Å²) >= 11 is 0. The first-order valence-electron chi connectivity index (χ1n) is 6.38. The zero-order valence-corrected chi connectivity index (χ0v) is 11.5. The number of rotatable bonds is 5. The minimum atomic E-state index is -3.45. The van der Waals surface area contributed by atoms with Crippen molar-refractivity contribution in [3.05, 3.63) is 30.1 Å². The molecule has 1 aliphatic rings. The Morgan fingerprint density at radius 3 is 2.68 bits per heavy atom. The summed E-state index contributed by atoms with van der Waals surface area (Å²) in [5.74, 6) is -0.0343. The minimum Gasteiger partial charge on any atom is -0.261 e. The van der Waals surface area contributed by atoms with Crippen molar-refractivity contribution < 1.29 is 8.42 Å². The van der Waals surface area contributed by atoms with Gasteiger partial charge >= 0.3 is 0 Å². The summed E-state index contributed by atoms with van der Waals surface area (Å²) in [5.41, 5.74) is -0.145. The molecular weight excluding hydrogens is 262 g/mol. The fraction of sp³-hybridized carbons (Fsp3) is 0.538. The second kappa shape index (κ2) is 5.68. The quantitative estimate of drug-likeness (QED) is 0.882. The molecule has 0 aromatic carbocycles. The molecule has 0 saturated heterocycles. The lowest BCUT2D eigenvalue weighted by Gasteiger charge is -2.21. The van der Waals surface area contributed by atoms with Crippen molar-refractivity contribution in [2.75, 3.05) is 5.75 Å². The van der Waals surface area contributed by atoms with E-state index in [1.54, 1.807) is 18.3 Å². The molecule has 5 nitrogen and oxygen atoms in total. The molecule has 102 valence electrons. The van der Waals surface area contributed by atoms with Crippen LogP contribution in [0.3, 0.4) is 0 Å². The predicted octanol–water partition coefficient (Wildman–Crippen LogP) is 1.38. The average molecular weight is 279 g/mol. The third kappa shape index (κ3) is 3.75. The molecule has 0 bridgehead atoms. The first kappa shape index (κ1) is 14.0. The van der Waals surface area contributed by atoms with E-state index < -0.39 is 15.6 Å². The van der Waals surface area contributed by atoms with E-state index in [1.165, 1.54) is 0 Å². The minimum absolute atomic E-state index is 0.0343. The van der Waals surface area contributed by atoms with Crippen molar-refractivity contribution in [2.45, 2.75) is 37.6 Å². The standard InChI is InChI=1S/C13H17N3O2S/c14-11-13(7-2-3-8-13)16-19(17,18)10-6-12-5-1-4-9-15-12/h1,4-5,9,16H,2-3,6-8,10H2. The molecule has 1 saturated carbocycles. The van der Waals surface area contributed by atoms with Crippen molar-refractivity contribution in [2.24, 2.45) is 0 Å². The molecular formula is C13H17N3O2S. The highest BCUT2D eigenvalue weighted by molar-refractivity contribution is 7.89. The van der Waals surface area contributed by atoms with Gasteiger partial charge in [0, 0.05) is 18.3 Å². The number of nitrogens with zero attached hydrogens (tertiary/aromatic N) is 2. The van der Waals surface area contributed by atoms with Crippen LogP contribution in [0.5, 0.6) is 0 Å². The Balaban J connectivity index is 1.98. The summed E-state index contributed by atoms with van der Waals surface area (Å²) in [6.07, 6.45) is 5.01. The Hall–Kier alpha value is -1.45. The van der Waals surface area contributed by atoms with Gasteiger partial charge in [0.05, 0.1) is 11.8 Å². The van der Waals surface area contributed by atoms with Gasteiger partial charge in [-0.1, -0.05) is 18.9 Å². The first-order valence-corrected chi connectivity index (χ1v) is 8.03. The SMILES string of the molecule is N#CC1(NS(=O)(=O)CCc2ccccn2)CCCC1. The van der Waals surface area contributed by atoms with E-state index in [4.69, 9.17) is 0 Å². The van der Waals surface area contributed by atoms with Crippen molar-refractivity contribution in [1.82, 2.24) is 9.71 Å². The van der Waals surface area contributed by atoms with Crippen LogP contribution >= 0.6 is 0 Å². The molecule has 1 aliphatic carbocycles. The van der Waals surface area contributed by atoms with Gasteiger partial charge in [-0.25, -0.2) is 8.42 Å². The first-order chi connectivity index (χ1) is 9.05. The number of hydrogen-bond donors (Lipinski definition) is 1. The summed E-state index contributed by atoms with van der Waals surface area (Å²) in [7, 11) is -3.45. The van der Waals surface area contributed by atoms with Crippen LogP contribution in [-0.2, 0) is 16.4 Å². The third-order valence-corrected chi connectivity index (χ3v) is 4.82. The summed E-state index contributed by atoms with van der Waals surface area (Å²) in [5, 5.41) is 9.18. The second-order valence-electron chi connectivity index (χ2n) is 4.89. The maximum Gasteiger partial charge on any atom is 0.213 e. The summed E-state index contributed by atoms with van der Waals surface area (Å²) in [6.45, 7) is 0. The summed E-state index contributed by atoms with van der Waals surface area (Å²) in [6, 6.07) is 7.54. The number of hydrogen-bond acceptors (Lipinski definition) is 4. The third-order valence-electron chi connectivity index (χ3n) is 3.38. The zero-order valence-electron chi connectivity index (χ0n) is 10.7. The normalized spacial score (nSPS) is 18.1. The van der Waals surface area contributed by atoms with Gasteiger partial charge in [-0.05, 0) is 25.0 Å². The number of aryl methyl sites for hydroxylation is 1. The van der Waals surface area contributed by atoms with Crippen molar-refractivity contribution in [1.29, 1.82) is 5.26 Å². The van der Waals surface area contributed by atoms with E-state index in [0.29, 0.717) is 19.3 Å². The Morgan fingerprint density at radius 1 is 1.37 bits per heavy atom. The second-order valence-corrected chi connectivity index (χ2v) is 6.73. The maximum atomic E-state index is 12.0. The van der Waals surface area contributed by atoms with Crippen LogP contribution in [0.2, 0.25) is 0 Å². The van der Waals surface area contributed by atoms with Crippen LogP contribution in [0.25, 0.3) is 0 Å². The molecule has 2 rings (SSSR count). The van der Waals surface area contributed by atoms with E-state index in [0.717, 1.165) is 18.5 Å². The lowest BCUT2D eigenvalue weighted by molar-refractivity contribution is 0.485. The molecule has 1 heterocycles. The molecule has 1 aromatic heterocycles. The Morgan fingerprint density at radius 2 is 2.11 bits per heavy atom. The molecule has 0 radical (unpaired) electrons. The maximum absolute atomic E-state index is 12.0. The molecule has 1 N–H and O–H groups in total. The topological polar surface area (TPSA) is 82.9 Å². The molecule has 0 amide bonds. The number of sulfonamides is 1. The van der Waals surface area contributed by atoms with Crippen LogP contribution < -0.4 is 4.72 Å². The number of nitriles is 1. The molecule has 0 atom stereocenters. The van der Waals surface area contributed by atoms with Gasteiger partial charge in [0.1, 0.15) is 5.54 Å². The summed E-state index contributed by atoms with van der Waals surface area (Å²) in [4.78, 5) is 4.09. The number of nitrogens with one attached hydrogen (secondary N) is 1. The predicted molar refractivity (Wildman–Crippen MR) is 71.7 cm³/mol. The van der Waals surface area contributed by atoms with Crippen LogP contribution in [0.1, 0.15) is 31.4 Å². The largest absolute Gasteiger partial charge is 0.261 e. The Bertz CT molecular complexity index is 557. The Labute approximate surface area is 113 Å². The highest BCUT2D eigenvalue weighted by atomic mass is 32.2. The van der Waals surface area contributed by atoms with Crippen molar-refractivity contribution >= 4 is 10.0 Å². The lowest BCUT2D eigenvalue weighted by Crippen LogP contribution is -2.46. The smallest absolute Gasteiger partial charge is 0.213 e. The van der Waals surface area contributed by atoms with Gasteiger partial charge in [-0.15, -0.1) is 0 Å². The van der Waals surface area contributed by atoms with Gasteiger partial charge in [-0.2, -0.15) is 9.98 Å². The van der Waals surface area contributed by atoms with Gasteiger partial charge in [0.2, 0.25) is 10.0 Å². The fourth-order valence-electron chi connectivity index (χ4n) is 2.35. The van der Waals surface area contributed by atoms with Gasteiger partial charge in [0.15, 0.2) is 0 Å². The fourth-order valence-corrected chi connectivity index (χ4v) is 3.77. The molecule has 1 aromatic rings. The molecule has 0 spiro atoms. The molecule has 0 aliphatic heterocycles. The highest BCUT2D eigenvalue weighted by Gasteiger charge is 2.37. The molecule has 6 heteroatoms. The van der Waals surface area contributed by atoms with Crippen LogP contribution in [0.15, 0.2) is 24.4 Å². The van der Waals surface area contributed by atoms with Crippen LogP contribution in [0.4, 0.5) is 0 Å². The number of aromatic nitrogens is 1. The molecule has 1 fully saturated rings. The average Bonchev–Trinajstić information content (AvgIpc) is 2.86. The van der Waals surface area contributed by atoms with Gasteiger partial charge in [-0.3, -0.25) is 4.98 Å². The van der Waals surface area contributed by atoms with E-state index >= 15 is 0 Å². The highest BCUT2D eigenvalue weighted by Crippen LogP contribution is 2.29. The van der Waals surface area contributed by atoms with Gasteiger partial charge in [0.25, 0.3) is 0 Å². The van der Waals surface area contributed by atoms with E-state index in [2.05, 4.69) is 15.8 Å². The van der Waals surface area contributed by atoms with Crippen LogP contribution in [-0.4, -0.2) is 24.7 Å². The lowest BCUT2D eigenvalue weighted by atomic mass is 10.0. The van der Waals surface area contributed by atoms with Crippen molar-refractivity contribution in [3.8, 4) is 6.07 Å². The van der Waals surface area contributed by atoms with E-state index in [-0.39, 0.29) is 5.75 Å². The zero-order chi connectivity index (χ0) is 13.8. The number of pyridine rings is 1. The monoisotopic (exact) mass is 279 g/mol. The molecule has 19 heavy (non-hydrogen) atoms. The van der Waals surface area contributed by atoms with Crippen molar-refractivity contribution in [3.63, 3.8) is 0 Å².